The van der Waals surface area contributed by atoms with Crippen molar-refractivity contribution >= 4 is 5.97 Å². The minimum absolute atomic E-state index is 0.149. The molecule has 0 radical (unpaired) electrons. The van der Waals surface area contributed by atoms with Crippen LogP contribution in [0.4, 0.5) is 0 Å². The smallest absolute Gasteiger partial charge is 0.306 e. The molecule has 1 aromatic rings. The number of nitrogens with one attached hydrogen (secondary N) is 1. The summed E-state index contributed by atoms with van der Waals surface area (Å²) in [6, 6.07) is 6.42. The van der Waals surface area contributed by atoms with E-state index in [1.165, 1.54) is 6.42 Å². The van der Waals surface area contributed by atoms with E-state index in [1.807, 2.05) is 19.1 Å². The molecule has 98 valence electrons. The predicted octanol–water partition coefficient (Wildman–Crippen LogP) is 2.00. The Morgan fingerprint density at radius 1 is 1.56 bits per heavy atom. The first kappa shape index (κ1) is 13.0. The zero-order chi connectivity index (χ0) is 12.8. The van der Waals surface area contributed by atoms with Crippen molar-refractivity contribution in [3.8, 4) is 0 Å². The Kier molecular flexibility index (Phi) is 4.70. The number of carbonyl (C=O) groups excluding carboxylic acids is 1. The van der Waals surface area contributed by atoms with Crippen LogP contribution in [0.5, 0.6) is 0 Å². The summed E-state index contributed by atoms with van der Waals surface area (Å²) in [4.78, 5) is 15.9. The van der Waals surface area contributed by atoms with Gasteiger partial charge in [0.2, 0.25) is 0 Å². The van der Waals surface area contributed by atoms with Crippen LogP contribution >= 0.6 is 0 Å². The molecule has 0 bridgehead atoms. The number of rotatable bonds is 5. The molecule has 1 N–H and O–H groups in total. The molecule has 0 aliphatic carbocycles. The van der Waals surface area contributed by atoms with Crippen molar-refractivity contribution in [3.05, 3.63) is 29.6 Å². The Balaban J connectivity index is 1.92. The van der Waals surface area contributed by atoms with Crippen molar-refractivity contribution in [2.75, 3.05) is 13.2 Å². The molecule has 1 aliphatic rings. The van der Waals surface area contributed by atoms with Crippen molar-refractivity contribution in [2.45, 2.75) is 38.6 Å². The number of aromatic nitrogens is 1. The van der Waals surface area contributed by atoms with E-state index in [1.54, 1.807) is 0 Å². The number of hydrogen-bond acceptors (Lipinski definition) is 4. The molecule has 4 heteroatoms. The molecule has 0 spiro atoms. The number of ether oxygens (including phenoxy) is 1. The standard InChI is InChI=1S/C14H20N2O2/c1-2-18-14(17)9-8-11-5-3-6-13(16-11)12-7-4-10-15-12/h3,5-6,12,15H,2,4,7-10H2,1H3. The fourth-order valence-corrected chi connectivity index (χ4v) is 2.23. The highest BCUT2D eigenvalue weighted by atomic mass is 16.5. The molecule has 4 nitrogen and oxygen atoms in total. The fraction of sp³-hybridized carbons (Fsp3) is 0.571. The van der Waals surface area contributed by atoms with E-state index < -0.39 is 0 Å². The van der Waals surface area contributed by atoms with Crippen LogP contribution in [0.1, 0.15) is 43.6 Å². The third kappa shape index (κ3) is 3.53. The van der Waals surface area contributed by atoms with E-state index in [0.29, 0.717) is 25.5 Å². The molecule has 2 heterocycles. The van der Waals surface area contributed by atoms with Crippen LogP contribution in [-0.4, -0.2) is 24.1 Å². The highest BCUT2D eigenvalue weighted by Gasteiger charge is 2.17. The van der Waals surface area contributed by atoms with E-state index in [-0.39, 0.29) is 5.97 Å². The second kappa shape index (κ2) is 6.50. The molecular weight excluding hydrogens is 228 g/mol. The third-order valence-corrected chi connectivity index (χ3v) is 3.14. The molecular formula is C14H20N2O2. The summed E-state index contributed by atoms with van der Waals surface area (Å²) in [5.74, 6) is -0.149. The molecule has 1 saturated heterocycles. The van der Waals surface area contributed by atoms with Crippen molar-refractivity contribution < 1.29 is 9.53 Å². The minimum Gasteiger partial charge on any atom is -0.466 e. The average molecular weight is 248 g/mol. The number of pyridine rings is 1. The molecule has 1 atom stereocenters. The Bertz CT molecular complexity index is 401. The second-order valence-electron chi connectivity index (χ2n) is 4.51. The molecule has 0 aromatic carbocycles. The van der Waals surface area contributed by atoms with Gasteiger partial charge in [-0.25, -0.2) is 0 Å². The average Bonchev–Trinajstić information content (AvgIpc) is 2.91. The normalized spacial score (nSPS) is 18.8. The van der Waals surface area contributed by atoms with Crippen molar-refractivity contribution in [1.29, 1.82) is 0 Å². The molecule has 1 unspecified atom stereocenters. The number of nitrogens with zero attached hydrogens (tertiary/aromatic N) is 1. The molecule has 2 rings (SSSR count). The number of carbonyl (C=O) groups is 1. The Morgan fingerprint density at radius 2 is 2.44 bits per heavy atom. The first-order chi connectivity index (χ1) is 8.79. The first-order valence-electron chi connectivity index (χ1n) is 6.64. The van der Waals surface area contributed by atoms with E-state index >= 15 is 0 Å². The minimum atomic E-state index is -0.149. The number of aryl methyl sites for hydroxylation is 1. The number of hydrogen-bond donors (Lipinski definition) is 1. The lowest BCUT2D eigenvalue weighted by Gasteiger charge is -2.10. The topological polar surface area (TPSA) is 51.2 Å². The van der Waals surface area contributed by atoms with Crippen LogP contribution in [0.25, 0.3) is 0 Å². The summed E-state index contributed by atoms with van der Waals surface area (Å²) in [7, 11) is 0. The maximum absolute atomic E-state index is 11.3. The van der Waals surface area contributed by atoms with E-state index in [2.05, 4.69) is 16.4 Å². The zero-order valence-electron chi connectivity index (χ0n) is 10.8. The lowest BCUT2D eigenvalue weighted by Crippen LogP contribution is -2.15. The Hall–Kier alpha value is -1.42. The van der Waals surface area contributed by atoms with Crippen LogP contribution in [0, 0.1) is 0 Å². The summed E-state index contributed by atoms with van der Waals surface area (Å²) in [6.07, 6.45) is 3.41. The van der Waals surface area contributed by atoms with Crippen molar-refractivity contribution in [2.24, 2.45) is 0 Å². The largest absolute Gasteiger partial charge is 0.466 e. The predicted molar refractivity (Wildman–Crippen MR) is 69.2 cm³/mol. The molecule has 0 saturated carbocycles. The second-order valence-corrected chi connectivity index (χ2v) is 4.51. The summed E-state index contributed by atoms with van der Waals surface area (Å²) in [5, 5.41) is 3.43. The van der Waals surface area contributed by atoms with Crippen LogP contribution in [0.15, 0.2) is 18.2 Å². The lowest BCUT2D eigenvalue weighted by atomic mass is 10.1. The van der Waals surface area contributed by atoms with Gasteiger partial charge in [0.15, 0.2) is 0 Å². The SMILES string of the molecule is CCOC(=O)CCc1cccc(C2CCCN2)n1. The van der Waals surface area contributed by atoms with Gasteiger partial charge in [-0.3, -0.25) is 9.78 Å². The number of esters is 1. The van der Waals surface area contributed by atoms with Crippen LogP contribution < -0.4 is 5.32 Å². The fourth-order valence-electron chi connectivity index (χ4n) is 2.23. The highest BCUT2D eigenvalue weighted by molar-refractivity contribution is 5.69. The van der Waals surface area contributed by atoms with Gasteiger partial charge in [-0.05, 0) is 38.4 Å². The van der Waals surface area contributed by atoms with Gasteiger partial charge in [0.05, 0.1) is 18.7 Å². The highest BCUT2D eigenvalue weighted by Crippen LogP contribution is 2.21. The van der Waals surface area contributed by atoms with Gasteiger partial charge in [0.25, 0.3) is 0 Å². The maximum atomic E-state index is 11.3. The van der Waals surface area contributed by atoms with Gasteiger partial charge in [0.1, 0.15) is 0 Å². The van der Waals surface area contributed by atoms with Gasteiger partial charge in [-0.2, -0.15) is 0 Å². The Morgan fingerprint density at radius 3 is 3.17 bits per heavy atom. The van der Waals surface area contributed by atoms with Crippen molar-refractivity contribution in [1.82, 2.24) is 10.3 Å². The summed E-state index contributed by atoms with van der Waals surface area (Å²) in [5.41, 5.74) is 2.06. The third-order valence-electron chi connectivity index (χ3n) is 3.14. The quantitative estimate of drug-likeness (QED) is 0.810. The molecule has 1 aliphatic heterocycles. The molecule has 1 aromatic heterocycles. The van der Waals surface area contributed by atoms with E-state index in [9.17, 15) is 4.79 Å². The van der Waals surface area contributed by atoms with Gasteiger partial charge in [0, 0.05) is 18.2 Å². The van der Waals surface area contributed by atoms with E-state index in [4.69, 9.17) is 4.74 Å². The monoisotopic (exact) mass is 248 g/mol. The van der Waals surface area contributed by atoms with Gasteiger partial charge in [-0.1, -0.05) is 6.07 Å². The van der Waals surface area contributed by atoms with Crippen LogP contribution in [0.3, 0.4) is 0 Å². The van der Waals surface area contributed by atoms with Gasteiger partial charge in [-0.15, -0.1) is 0 Å². The van der Waals surface area contributed by atoms with Crippen LogP contribution in [-0.2, 0) is 16.0 Å². The van der Waals surface area contributed by atoms with Gasteiger partial charge < -0.3 is 10.1 Å². The lowest BCUT2D eigenvalue weighted by molar-refractivity contribution is -0.143. The van der Waals surface area contributed by atoms with Gasteiger partial charge >= 0.3 is 5.97 Å². The van der Waals surface area contributed by atoms with E-state index in [0.717, 1.165) is 24.4 Å². The first-order valence-corrected chi connectivity index (χ1v) is 6.64. The van der Waals surface area contributed by atoms with Crippen LogP contribution in [0.2, 0.25) is 0 Å². The summed E-state index contributed by atoms with van der Waals surface area (Å²) in [6.45, 7) is 3.33. The zero-order valence-corrected chi connectivity index (χ0v) is 10.8. The molecule has 1 fully saturated rings. The summed E-state index contributed by atoms with van der Waals surface area (Å²) < 4.78 is 4.91. The summed E-state index contributed by atoms with van der Waals surface area (Å²) >= 11 is 0. The molecule has 0 amide bonds. The Labute approximate surface area is 108 Å². The maximum Gasteiger partial charge on any atom is 0.306 e. The van der Waals surface area contributed by atoms with Crippen molar-refractivity contribution in [3.63, 3.8) is 0 Å². The molecule has 18 heavy (non-hydrogen) atoms.